The Morgan fingerprint density at radius 3 is 2.56 bits per heavy atom. The van der Waals surface area contributed by atoms with Gasteiger partial charge in [0.05, 0.1) is 11.2 Å². The molecule has 5 rings (SSSR count). The monoisotopic (exact) mass is 364 g/mol. The van der Waals surface area contributed by atoms with Crippen molar-refractivity contribution in [2.75, 3.05) is 0 Å². The number of hydrogen-bond donors (Lipinski definition) is 2. The van der Waals surface area contributed by atoms with Crippen LogP contribution in [0.4, 0.5) is 0 Å². The van der Waals surface area contributed by atoms with E-state index in [9.17, 15) is 4.79 Å². The van der Waals surface area contributed by atoms with E-state index >= 15 is 0 Å². The second-order valence-electron chi connectivity index (χ2n) is 5.93. The standard InChI is InChI=1S/C19H12N6O.Na.H/c26-19-20-16(12-5-3-6-13(10-12)18-22-24-25-23-18)15-9-8-11-4-1-2-7-14(11)17(15)21-19;;/h1-10H,(H,20,21,26)(H,22,23,24,25);;. The van der Waals surface area contributed by atoms with Crippen LogP contribution in [-0.2, 0) is 0 Å². The van der Waals surface area contributed by atoms with Crippen molar-refractivity contribution < 1.29 is 0 Å². The normalized spacial score (nSPS) is 10.8. The first-order valence-electron chi connectivity index (χ1n) is 8.06. The zero-order chi connectivity index (χ0) is 17.5. The Morgan fingerprint density at radius 1 is 0.852 bits per heavy atom. The number of hydrogen-bond acceptors (Lipinski definition) is 5. The Hall–Kier alpha value is -2.87. The Balaban J connectivity index is 0.00000180. The SMILES string of the molecule is O=c1nc(-c2cccc(-c3nnn[nH]3)c2)c2ccc3ccccc3c2[nH]1.[NaH]. The van der Waals surface area contributed by atoms with Crippen molar-refractivity contribution in [3.8, 4) is 22.6 Å². The molecule has 0 aliphatic rings. The summed E-state index contributed by atoms with van der Waals surface area (Å²) in [6.07, 6.45) is 0. The van der Waals surface area contributed by atoms with Gasteiger partial charge in [-0.25, -0.2) is 9.89 Å². The molecule has 5 aromatic rings. The molecule has 0 aliphatic carbocycles. The number of aromatic nitrogens is 6. The summed E-state index contributed by atoms with van der Waals surface area (Å²) in [5.74, 6) is 0.562. The maximum atomic E-state index is 12.2. The van der Waals surface area contributed by atoms with E-state index in [0.717, 1.165) is 32.8 Å². The third kappa shape index (κ3) is 3.06. The zero-order valence-electron chi connectivity index (χ0n) is 13.5. The number of tetrazole rings is 1. The number of nitrogens with one attached hydrogen (secondary N) is 2. The molecular weight excluding hydrogens is 351 g/mol. The second-order valence-corrected chi connectivity index (χ2v) is 5.93. The van der Waals surface area contributed by atoms with Gasteiger partial charge in [0, 0.05) is 21.9 Å². The van der Waals surface area contributed by atoms with Crippen LogP contribution in [0.15, 0.2) is 65.5 Å². The van der Waals surface area contributed by atoms with Gasteiger partial charge in [-0.15, -0.1) is 5.10 Å². The molecule has 0 amide bonds. The van der Waals surface area contributed by atoms with Crippen LogP contribution in [0.1, 0.15) is 0 Å². The van der Waals surface area contributed by atoms with Gasteiger partial charge in [0.25, 0.3) is 0 Å². The van der Waals surface area contributed by atoms with Crippen molar-refractivity contribution in [3.63, 3.8) is 0 Å². The topological polar surface area (TPSA) is 100 Å². The van der Waals surface area contributed by atoms with Crippen molar-refractivity contribution in [2.24, 2.45) is 0 Å². The quantitative estimate of drug-likeness (QED) is 0.370. The van der Waals surface area contributed by atoms with E-state index in [0.29, 0.717) is 11.5 Å². The van der Waals surface area contributed by atoms with Gasteiger partial charge >= 0.3 is 35.2 Å². The molecule has 2 aromatic heterocycles. The van der Waals surface area contributed by atoms with Crippen LogP contribution in [0.3, 0.4) is 0 Å². The Morgan fingerprint density at radius 2 is 1.70 bits per heavy atom. The van der Waals surface area contributed by atoms with E-state index in [1.165, 1.54) is 0 Å². The molecule has 0 atom stereocenters. The van der Waals surface area contributed by atoms with Crippen LogP contribution in [0.2, 0.25) is 0 Å². The van der Waals surface area contributed by atoms with Crippen molar-refractivity contribution >= 4 is 51.2 Å². The van der Waals surface area contributed by atoms with Gasteiger partial charge in [0.2, 0.25) is 0 Å². The third-order valence-corrected chi connectivity index (χ3v) is 4.38. The fourth-order valence-corrected chi connectivity index (χ4v) is 3.22. The van der Waals surface area contributed by atoms with Gasteiger partial charge < -0.3 is 4.98 Å². The Labute approximate surface area is 175 Å². The first-order chi connectivity index (χ1) is 12.8. The molecule has 0 radical (unpaired) electrons. The molecular formula is C19H13N6NaO. The number of aromatic amines is 2. The number of fused-ring (bicyclic) bond motifs is 3. The van der Waals surface area contributed by atoms with Gasteiger partial charge in [0.1, 0.15) is 0 Å². The molecule has 3 aromatic carbocycles. The fraction of sp³-hybridized carbons (Fsp3) is 0. The van der Waals surface area contributed by atoms with Crippen LogP contribution in [0.25, 0.3) is 44.3 Å². The Kier molecular flexibility index (Phi) is 4.57. The fourth-order valence-electron chi connectivity index (χ4n) is 3.22. The van der Waals surface area contributed by atoms with Crippen LogP contribution >= 0.6 is 0 Å². The van der Waals surface area contributed by atoms with Gasteiger partial charge in [-0.1, -0.05) is 54.6 Å². The zero-order valence-corrected chi connectivity index (χ0v) is 13.5. The summed E-state index contributed by atoms with van der Waals surface area (Å²) in [5, 5.41) is 16.8. The number of rotatable bonds is 2. The van der Waals surface area contributed by atoms with Gasteiger partial charge in [-0.2, -0.15) is 4.98 Å². The summed E-state index contributed by atoms with van der Waals surface area (Å²) in [6.45, 7) is 0. The summed E-state index contributed by atoms with van der Waals surface area (Å²) in [6, 6.07) is 19.6. The summed E-state index contributed by atoms with van der Waals surface area (Å²) < 4.78 is 0. The molecule has 27 heavy (non-hydrogen) atoms. The molecule has 0 fully saturated rings. The van der Waals surface area contributed by atoms with E-state index in [1.54, 1.807) is 0 Å². The van der Waals surface area contributed by atoms with E-state index in [4.69, 9.17) is 0 Å². The first-order valence-corrected chi connectivity index (χ1v) is 8.06. The van der Waals surface area contributed by atoms with Crippen molar-refractivity contribution in [1.29, 1.82) is 0 Å². The second kappa shape index (κ2) is 7.03. The number of H-pyrrole nitrogens is 2. The molecule has 8 heteroatoms. The molecule has 7 nitrogen and oxygen atoms in total. The molecule has 2 heterocycles. The molecule has 0 spiro atoms. The van der Waals surface area contributed by atoms with Gasteiger partial charge in [-0.05, 0) is 21.9 Å². The van der Waals surface area contributed by atoms with Gasteiger partial charge in [0.15, 0.2) is 5.82 Å². The minimum atomic E-state index is -0.379. The summed E-state index contributed by atoms with van der Waals surface area (Å²) >= 11 is 0. The first kappa shape index (κ1) is 17.5. The maximum absolute atomic E-state index is 12.2. The average molecular weight is 364 g/mol. The molecule has 0 saturated heterocycles. The summed E-state index contributed by atoms with van der Waals surface area (Å²) in [7, 11) is 0. The Bertz CT molecular complexity index is 1310. The summed E-state index contributed by atoms with van der Waals surface area (Å²) in [4.78, 5) is 19.3. The average Bonchev–Trinajstić information content (AvgIpc) is 3.22. The molecule has 2 N–H and O–H groups in total. The van der Waals surface area contributed by atoms with Gasteiger partial charge in [-0.3, -0.25) is 0 Å². The minimum absolute atomic E-state index is 0. The molecule has 0 unspecified atom stereocenters. The predicted octanol–water partition coefficient (Wildman–Crippen LogP) is 2.27. The van der Waals surface area contributed by atoms with Crippen molar-refractivity contribution in [3.05, 3.63) is 71.1 Å². The summed E-state index contributed by atoms with van der Waals surface area (Å²) in [5.41, 5.74) is 2.68. The molecule has 0 aliphatic heterocycles. The van der Waals surface area contributed by atoms with Crippen LogP contribution in [-0.4, -0.2) is 60.1 Å². The third-order valence-electron chi connectivity index (χ3n) is 4.38. The van der Waals surface area contributed by atoms with Crippen LogP contribution in [0, 0.1) is 0 Å². The van der Waals surface area contributed by atoms with Crippen LogP contribution in [0.5, 0.6) is 0 Å². The molecule has 0 saturated carbocycles. The van der Waals surface area contributed by atoms with E-state index in [-0.39, 0.29) is 35.2 Å². The molecule has 0 bridgehead atoms. The predicted molar refractivity (Wildman–Crippen MR) is 106 cm³/mol. The number of nitrogens with zero attached hydrogens (tertiary/aromatic N) is 4. The van der Waals surface area contributed by atoms with E-state index in [2.05, 4.69) is 30.6 Å². The van der Waals surface area contributed by atoms with E-state index < -0.39 is 0 Å². The van der Waals surface area contributed by atoms with Crippen LogP contribution < -0.4 is 5.69 Å². The van der Waals surface area contributed by atoms with Crippen molar-refractivity contribution in [2.45, 2.75) is 0 Å². The number of benzene rings is 3. The van der Waals surface area contributed by atoms with E-state index in [1.807, 2.05) is 60.7 Å². The molecule has 126 valence electrons. The van der Waals surface area contributed by atoms with Crippen molar-refractivity contribution in [1.82, 2.24) is 30.6 Å².